The number of nitrogens with zero attached hydrogens (tertiary/aromatic N) is 5. The summed E-state index contributed by atoms with van der Waals surface area (Å²) in [7, 11) is 1.78. The van der Waals surface area contributed by atoms with Crippen molar-refractivity contribution in [3.05, 3.63) is 99.5 Å². The molecule has 0 bridgehead atoms. The van der Waals surface area contributed by atoms with E-state index in [-0.39, 0.29) is 17.8 Å². The molecule has 0 aliphatic rings. The van der Waals surface area contributed by atoms with E-state index in [4.69, 9.17) is 5.10 Å². The van der Waals surface area contributed by atoms with Crippen LogP contribution in [0.3, 0.4) is 0 Å². The van der Waals surface area contributed by atoms with Crippen molar-refractivity contribution in [2.75, 3.05) is 0 Å². The lowest BCUT2D eigenvalue weighted by Crippen LogP contribution is -2.24. The molecule has 166 valence electrons. The number of carbonyl (C=O) groups is 1. The molecule has 4 aromatic heterocycles. The minimum atomic E-state index is -0.0179. The molecular formula is C26H25N5O2. The van der Waals surface area contributed by atoms with Crippen LogP contribution >= 0.6 is 0 Å². The molecule has 7 heteroatoms. The quantitative estimate of drug-likeness (QED) is 0.378. The SMILES string of the molecule is CCc1nn(Cc2ccc(C)n(C)c2=O)c2cccc(CC(=O)c3cnc4ccccn34)c12. The third-order valence-electron chi connectivity index (χ3n) is 6.28. The van der Waals surface area contributed by atoms with Crippen LogP contribution in [-0.4, -0.2) is 29.5 Å². The van der Waals surface area contributed by atoms with Crippen LogP contribution in [-0.2, 0) is 26.4 Å². The van der Waals surface area contributed by atoms with E-state index in [0.717, 1.165) is 39.9 Å². The van der Waals surface area contributed by atoms with Crippen molar-refractivity contribution >= 4 is 22.3 Å². The zero-order valence-electron chi connectivity index (χ0n) is 18.9. The maximum atomic E-state index is 13.2. The summed E-state index contributed by atoms with van der Waals surface area (Å²) in [5.41, 5.74) is 5.68. The molecule has 0 saturated carbocycles. The smallest absolute Gasteiger partial charge is 0.255 e. The third kappa shape index (κ3) is 3.55. The molecule has 0 aliphatic heterocycles. The van der Waals surface area contributed by atoms with Crippen LogP contribution in [0.5, 0.6) is 0 Å². The molecule has 0 N–H and O–H groups in total. The van der Waals surface area contributed by atoms with Gasteiger partial charge in [-0.05, 0) is 49.2 Å². The Bertz CT molecular complexity index is 1570. The summed E-state index contributed by atoms with van der Waals surface area (Å²) in [5, 5.41) is 5.81. The first kappa shape index (κ1) is 20.9. The average Bonchev–Trinajstić information content (AvgIpc) is 3.42. The summed E-state index contributed by atoms with van der Waals surface area (Å²) in [5.74, 6) is 0.00315. The van der Waals surface area contributed by atoms with Crippen molar-refractivity contribution in [2.45, 2.75) is 33.2 Å². The Morgan fingerprint density at radius 2 is 1.88 bits per heavy atom. The van der Waals surface area contributed by atoms with E-state index < -0.39 is 0 Å². The zero-order chi connectivity index (χ0) is 23.1. The van der Waals surface area contributed by atoms with Gasteiger partial charge in [0.25, 0.3) is 5.56 Å². The number of hydrogen-bond acceptors (Lipinski definition) is 4. The molecule has 1 aromatic carbocycles. The summed E-state index contributed by atoms with van der Waals surface area (Å²) in [6.45, 7) is 4.35. The second kappa shape index (κ2) is 8.16. The Balaban J connectivity index is 1.55. The van der Waals surface area contributed by atoms with Crippen LogP contribution in [0.15, 0.2) is 65.7 Å². The van der Waals surface area contributed by atoms with E-state index in [0.29, 0.717) is 17.8 Å². The fraction of sp³-hybridized carbons (Fsp3) is 0.231. The first-order chi connectivity index (χ1) is 16.0. The molecule has 33 heavy (non-hydrogen) atoms. The average molecular weight is 440 g/mol. The molecule has 0 fully saturated rings. The Morgan fingerprint density at radius 3 is 2.70 bits per heavy atom. The first-order valence-corrected chi connectivity index (χ1v) is 11.1. The molecule has 0 amide bonds. The van der Waals surface area contributed by atoms with Gasteiger partial charge in [0.15, 0.2) is 5.78 Å². The highest BCUT2D eigenvalue weighted by Crippen LogP contribution is 2.25. The van der Waals surface area contributed by atoms with Gasteiger partial charge in [-0.15, -0.1) is 0 Å². The van der Waals surface area contributed by atoms with Gasteiger partial charge < -0.3 is 4.57 Å². The second-order valence-electron chi connectivity index (χ2n) is 8.31. The van der Waals surface area contributed by atoms with Crippen LogP contribution < -0.4 is 5.56 Å². The number of ketones is 1. The van der Waals surface area contributed by atoms with Crippen LogP contribution in [0.25, 0.3) is 16.6 Å². The summed E-state index contributed by atoms with van der Waals surface area (Å²) >= 11 is 0. The zero-order valence-corrected chi connectivity index (χ0v) is 18.9. The lowest BCUT2D eigenvalue weighted by Gasteiger charge is -2.08. The van der Waals surface area contributed by atoms with Crippen LogP contribution in [0.2, 0.25) is 0 Å². The first-order valence-electron chi connectivity index (χ1n) is 11.1. The highest BCUT2D eigenvalue weighted by Gasteiger charge is 2.19. The van der Waals surface area contributed by atoms with Gasteiger partial charge in [0.05, 0.1) is 24.0 Å². The fourth-order valence-electron chi connectivity index (χ4n) is 4.36. The van der Waals surface area contributed by atoms with Crippen LogP contribution in [0.4, 0.5) is 0 Å². The van der Waals surface area contributed by atoms with Gasteiger partial charge in [-0.2, -0.15) is 5.10 Å². The van der Waals surface area contributed by atoms with E-state index in [1.54, 1.807) is 17.8 Å². The Kier molecular flexibility index (Phi) is 5.17. The van der Waals surface area contributed by atoms with E-state index in [9.17, 15) is 9.59 Å². The number of rotatable bonds is 6. The molecule has 7 nitrogen and oxygen atoms in total. The number of benzene rings is 1. The van der Waals surface area contributed by atoms with Gasteiger partial charge in [-0.3, -0.25) is 18.7 Å². The second-order valence-corrected chi connectivity index (χ2v) is 8.31. The Labute approximate surface area is 190 Å². The lowest BCUT2D eigenvalue weighted by molar-refractivity contribution is 0.0987. The molecule has 0 spiro atoms. The molecule has 0 saturated heterocycles. The minimum Gasteiger partial charge on any atom is -0.316 e. The van der Waals surface area contributed by atoms with Crippen molar-refractivity contribution < 1.29 is 4.79 Å². The lowest BCUT2D eigenvalue weighted by atomic mass is 10.0. The number of carbonyl (C=O) groups excluding carboxylic acids is 1. The van der Waals surface area contributed by atoms with Gasteiger partial charge in [-0.1, -0.05) is 25.1 Å². The number of hydrogen-bond donors (Lipinski definition) is 0. The van der Waals surface area contributed by atoms with E-state index in [1.807, 2.05) is 70.7 Å². The summed E-state index contributed by atoms with van der Waals surface area (Å²) in [4.78, 5) is 30.3. The normalized spacial score (nSPS) is 11.5. The van der Waals surface area contributed by atoms with Gasteiger partial charge in [0.2, 0.25) is 0 Å². The highest BCUT2D eigenvalue weighted by atomic mass is 16.1. The topological polar surface area (TPSA) is 74.2 Å². The van der Waals surface area contributed by atoms with Crippen molar-refractivity contribution in [3.8, 4) is 0 Å². The van der Waals surface area contributed by atoms with Crippen molar-refractivity contribution in [2.24, 2.45) is 7.05 Å². The van der Waals surface area contributed by atoms with E-state index in [2.05, 4.69) is 11.9 Å². The molecule has 0 atom stereocenters. The number of pyridine rings is 2. The van der Waals surface area contributed by atoms with E-state index >= 15 is 0 Å². The molecule has 0 radical (unpaired) electrons. The molecule has 5 rings (SSSR count). The van der Waals surface area contributed by atoms with Gasteiger partial charge >= 0.3 is 0 Å². The maximum Gasteiger partial charge on any atom is 0.255 e. The Morgan fingerprint density at radius 1 is 1.03 bits per heavy atom. The molecule has 0 aliphatic carbocycles. The summed E-state index contributed by atoms with van der Waals surface area (Å²) in [6.07, 6.45) is 4.48. The van der Waals surface area contributed by atoms with Gasteiger partial charge in [0.1, 0.15) is 11.3 Å². The van der Waals surface area contributed by atoms with Crippen molar-refractivity contribution in [1.29, 1.82) is 0 Å². The highest BCUT2D eigenvalue weighted by molar-refractivity contribution is 5.99. The molecule has 5 aromatic rings. The maximum absolute atomic E-state index is 13.2. The number of aromatic nitrogens is 5. The summed E-state index contributed by atoms with van der Waals surface area (Å²) in [6, 6.07) is 15.4. The van der Waals surface area contributed by atoms with Crippen LogP contribution in [0.1, 0.15) is 39.9 Å². The summed E-state index contributed by atoms with van der Waals surface area (Å²) < 4.78 is 5.35. The van der Waals surface area contributed by atoms with Gasteiger partial charge in [0, 0.05) is 36.3 Å². The fourth-order valence-corrected chi connectivity index (χ4v) is 4.36. The third-order valence-corrected chi connectivity index (χ3v) is 6.28. The monoisotopic (exact) mass is 439 g/mol. The predicted molar refractivity (Wildman–Crippen MR) is 128 cm³/mol. The number of Topliss-reactive ketones (excluding diaryl/α,β-unsaturated/α-hetero) is 1. The number of aryl methyl sites for hydroxylation is 2. The standard InChI is InChI=1S/C26H25N5O2/c1-4-20-25-18(14-23(32)22-15-27-24-10-5-6-13-30(22)24)8-7-9-21(25)31(28-20)16-19-12-11-17(2)29(3)26(19)33/h5-13,15H,4,14,16H2,1-3H3. The molecule has 4 heterocycles. The molecular weight excluding hydrogens is 414 g/mol. The minimum absolute atomic E-state index is 0.00315. The van der Waals surface area contributed by atoms with Crippen molar-refractivity contribution in [1.82, 2.24) is 23.7 Å². The van der Waals surface area contributed by atoms with Crippen LogP contribution in [0, 0.1) is 6.92 Å². The number of imidazole rings is 1. The van der Waals surface area contributed by atoms with Crippen molar-refractivity contribution in [3.63, 3.8) is 0 Å². The largest absolute Gasteiger partial charge is 0.316 e. The Hall–Kier alpha value is -4.00. The van der Waals surface area contributed by atoms with E-state index in [1.165, 1.54) is 0 Å². The number of fused-ring (bicyclic) bond motifs is 2. The van der Waals surface area contributed by atoms with Gasteiger partial charge in [-0.25, -0.2) is 4.98 Å². The predicted octanol–water partition coefficient (Wildman–Crippen LogP) is 3.73. The molecule has 0 unspecified atom stereocenters.